The van der Waals surface area contributed by atoms with Crippen LogP contribution in [-0.2, 0) is 4.74 Å². The molecule has 0 aliphatic carbocycles. The summed E-state index contributed by atoms with van der Waals surface area (Å²) in [6.07, 6.45) is 0. The summed E-state index contributed by atoms with van der Waals surface area (Å²) in [5.74, 6) is 1.21. The second kappa shape index (κ2) is 5.87. The predicted octanol–water partition coefficient (Wildman–Crippen LogP) is 2.00. The maximum absolute atomic E-state index is 5.75. The van der Waals surface area contributed by atoms with Gasteiger partial charge in [0, 0.05) is 19.6 Å². The Kier molecular flexibility index (Phi) is 4.77. The lowest BCUT2D eigenvalue weighted by atomic mass is 9.95. The van der Waals surface area contributed by atoms with Crippen molar-refractivity contribution >= 4 is 0 Å². The van der Waals surface area contributed by atoms with Crippen LogP contribution in [-0.4, -0.2) is 27.4 Å². The van der Waals surface area contributed by atoms with Crippen LogP contribution in [0.15, 0.2) is 12.1 Å². The van der Waals surface area contributed by atoms with Crippen LogP contribution in [0, 0.1) is 13.8 Å². The van der Waals surface area contributed by atoms with Gasteiger partial charge in [0.1, 0.15) is 5.75 Å². The zero-order chi connectivity index (χ0) is 12.1. The minimum Gasteiger partial charge on any atom is -0.496 e. The Balaban J connectivity index is 3.06. The minimum absolute atomic E-state index is 0.258. The van der Waals surface area contributed by atoms with E-state index in [-0.39, 0.29) is 5.92 Å². The number of rotatable bonds is 5. The van der Waals surface area contributed by atoms with Gasteiger partial charge in [-0.2, -0.15) is 0 Å². The standard InChI is InChI=1S/C13H21NO2/c1-9-5-11(12(7-14)8-15-3)6-10(2)13(9)16-4/h5-6,12H,7-8,14H2,1-4H3. The molecule has 0 radical (unpaired) electrons. The summed E-state index contributed by atoms with van der Waals surface area (Å²) >= 11 is 0. The molecule has 1 aromatic carbocycles. The van der Waals surface area contributed by atoms with Crippen molar-refractivity contribution in [2.24, 2.45) is 5.73 Å². The molecule has 90 valence electrons. The zero-order valence-corrected chi connectivity index (χ0v) is 10.5. The highest BCUT2D eigenvalue weighted by atomic mass is 16.5. The van der Waals surface area contributed by atoms with E-state index < -0.39 is 0 Å². The van der Waals surface area contributed by atoms with Gasteiger partial charge in [-0.15, -0.1) is 0 Å². The molecule has 0 saturated heterocycles. The highest BCUT2D eigenvalue weighted by Gasteiger charge is 2.13. The van der Waals surface area contributed by atoms with Gasteiger partial charge >= 0.3 is 0 Å². The summed E-state index contributed by atoms with van der Waals surface area (Å²) in [7, 11) is 3.40. The van der Waals surface area contributed by atoms with Crippen molar-refractivity contribution in [2.45, 2.75) is 19.8 Å². The highest BCUT2D eigenvalue weighted by Crippen LogP contribution is 2.27. The van der Waals surface area contributed by atoms with Crippen molar-refractivity contribution in [3.05, 3.63) is 28.8 Å². The summed E-state index contributed by atoms with van der Waals surface area (Å²) in [5.41, 5.74) is 9.26. The third kappa shape index (κ3) is 2.74. The molecule has 0 amide bonds. The number of aryl methyl sites for hydroxylation is 2. The topological polar surface area (TPSA) is 44.5 Å². The molecule has 16 heavy (non-hydrogen) atoms. The van der Waals surface area contributed by atoms with Crippen molar-refractivity contribution in [1.82, 2.24) is 0 Å². The molecule has 0 spiro atoms. The predicted molar refractivity (Wildman–Crippen MR) is 66.1 cm³/mol. The van der Waals surface area contributed by atoms with E-state index in [4.69, 9.17) is 15.2 Å². The maximum Gasteiger partial charge on any atom is 0.124 e. The van der Waals surface area contributed by atoms with Crippen LogP contribution in [0.25, 0.3) is 0 Å². The van der Waals surface area contributed by atoms with E-state index in [9.17, 15) is 0 Å². The van der Waals surface area contributed by atoms with Crippen molar-refractivity contribution in [1.29, 1.82) is 0 Å². The minimum atomic E-state index is 0.258. The molecule has 0 fully saturated rings. The van der Waals surface area contributed by atoms with Gasteiger partial charge in [-0.05, 0) is 30.5 Å². The Morgan fingerprint density at radius 2 is 1.75 bits per heavy atom. The summed E-state index contributed by atoms with van der Waals surface area (Å²) < 4.78 is 10.5. The van der Waals surface area contributed by atoms with Crippen LogP contribution in [0.3, 0.4) is 0 Å². The van der Waals surface area contributed by atoms with Crippen molar-refractivity contribution in [3.63, 3.8) is 0 Å². The first-order valence-electron chi connectivity index (χ1n) is 5.48. The lowest BCUT2D eigenvalue weighted by Gasteiger charge is -2.17. The summed E-state index contributed by atoms with van der Waals surface area (Å²) in [6, 6.07) is 4.25. The SMILES string of the molecule is COCC(CN)c1cc(C)c(OC)c(C)c1. The first kappa shape index (κ1) is 13.0. The first-order chi connectivity index (χ1) is 7.63. The number of benzene rings is 1. The molecule has 1 atom stereocenters. The Bertz CT molecular complexity index is 327. The van der Waals surface area contributed by atoms with Gasteiger partial charge in [-0.3, -0.25) is 0 Å². The molecule has 1 aromatic rings. The van der Waals surface area contributed by atoms with Crippen LogP contribution < -0.4 is 10.5 Å². The number of methoxy groups -OCH3 is 2. The smallest absolute Gasteiger partial charge is 0.124 e. The largest absolute Gasteiger partial charge is 0.496 e. The maximum atomic E-state index is 5.75. The van der Waals surface area contributed by atoms with Gasteiger partial charge in [0.15, 0.2) is 0 Å². The number of hydrogen-bond acceptors (Lipinski definition) is 3. The van der Waals surface area contributed by atoms with Crippen molar-refractivity contribution < 1.29 is 9.47 Å². The average Bonchev–Trinajstić information content (AvgIpc) is 2.25. The fourth-order valence-electron chi connectivity index (χ4n) is 2.04. The summed E-state index contributed by atoms with van der Waals surface area (Å²) in [6.45, 7) is 5.35. The van der Waals surface area contributed by atoms with Crippen LogP contribution in [0.4, 0.5) is 0 Å². The Morgan fingerprint density at radius 1 is 1.19 bits per heavy atom. The van der Waals surface area contributed by atoms with Crippen molar-refractivity contribution in [2.75, 3.05) is 27.4 Å². The van der Waals surface area contributed by atoms with E-state index in [1.807, 2.05) is 0 Å². The van der Waals surface area contributed by atoms with Crippen LogP contribution in [0.5, 0.6) is 5.75 Å². The molecular formula is C13H21NO2. The molecule has 0 aliphatic heterocycles. The van der Waals surface area contributed by atoms with E-state index >= 15 is 0 Å². The second-order valence-corrected chi connectivity index (χ2v) is 4.08. The highest BCUT2D eigenvalue weighted by molar-refractivity contribution is 5.44. The average molecular weight is 223 g/mol. The van der Waals surface area contributed by atoms with Gasteiger partial charge in [-0.25, -0.2) is 0 Å². The second-order valence-electron chi connectivity index (χ2n) is 4.08. The van der Waals surface area contributed by atoms with E-state index in [0.29, 0.717) is 13.2 Å². The molecule has 0 bridgehead atoms. The Labute approximate surface area is 97.6 Å². The number of ether oxygens (including phenoxy) is 2. The lowest BCUT2D eigenvalue weighted by Crippen LogP contribution is -2.17. The molecule has 3 heteroatoms. The van der Waals surface area contributed by atoms with Gasteiger partial charge < -0.3 is 15.2 Å². The zero-order valence-electron chi connectivity index (χ0n) is 10.5. The van der Waals surface area contributed by atoms with E-state index in [2.05, 4.69) is 26.0 Å². The van der Waals surface area contributed by atoms with E-state index in [1.54, 1.807) is 14.2 Å². The molecular weight excluding hydrogens is 202 g/mol. The van der Waals surface area contributed by atoms with Crippen LogP contribution >= 0.6 is 0 Å². The Hall–Kier alpha value is -1.06. The molecule has 0 aromatic heterocycles. The molecule has 0 heterocycles. The molecule has 0 aliphatic rings. The van der Waals surface area contributed by atoms with Gasteiger partial charge in [-0.1, -0.05) is 12.1 Å². The number of nitrogens with two attached hydrogens (primary N) is 1. The fraction of sp³-hybridized carbons (Fsp3) is 0.538. The molecule has 1 unspecified atom stereocenters. The van der Waals surface area contributed by atoms with Gasteiger partial charge in [0.25, 0.3) is 0 Å². The fourth-order valence-corrected chi connectivity index (χ4v) is 2.04. The monoisotopic (exact) mass is 223 g/mol. The quantitative estimate of drug-likeness (QED) is 0.830. The third-order valence-electron chi connectivity index (χ3n) is 2.81. The molecule has 0 saturated carbocycles. The first-order valence-corrected chi connectivity index (χ1v) is 5.48. The third-order valence-corrected chi connectivity index (χ3v) is 2.81. The Morgan fingerprint density at radius 3 is 2.12 bits per heavy atom. The van der Waals surface area contributed by atoms with Crippen LogP contribution in [0.1, 0.15) is 22.6 Å². The normalized spacial score (nSPS) is 12.6. The molecule has 1 rings (SSSR count). The molecule has 3 nitrogen and oxygen atoms in total. The van der Waals surface area contributed by atoms with Crippen LogP contribution in [0.2, 0.25) is 0 Å². The molecule has 2 N–H and O–H groups in total. The van der Waals surface area contributed by atoms with Crippen molar-refractivity contribution in [3.8, 4) is 5.75 Å². The number of hydrogen-bond donors (Lipinski definition) is 1. The van der Waals surface area contributed by atoms with E-state index in [0.717, 1.165) is 16.9 Å². The van der Waals surface area contributed by atoms with Gasteiger partial charge in [0.2, 0.25) is 0 Å². The lowest BCUT2D eigenvalue weighted by molar-refractivity contribution is 0.181. The summed E-state index contributed by atoms with van der Waals surface area (Å²) in [5, 5.41) is 0. The van der Waals surface area contributed by atoms with Gasteiger partial charge in [0.05, 0.1) is 13.7 Å². The van der Waals surface area contributed by atoms with E-state index in [1.165, 1.54) is 5.56 Å². The summed E-state index contributed by atoms with van der Waals surface area (Å²) in [4.78, 5) is 0.